The summed E-state index contributed by atoms with van der Waals surface area (Å²) in [7, 11) is 0. The second kappa shape index (κ2) is 7.76. The van der Waals surface area contributed by atoms with Gasteiger partial charge >= 0.3 is 0 Å². The lowest BCUT2D eigenvalue weighted by molar-refractivity contribution is -0.0672. The third-order valence-electron chi connectivity index (χ3n) is 4.68. The van der Waals surface area contributed by atoms with E-state index in [-0.39, 0.29) is 17.8 Å². The van der Waals surface area contributed by atoms with Crippen molar-refractivity contribution in [1.29, 1.82) is 5.26 Å². The summed E-state index contributed by atoms with van der Waals surface area (Å²) in [6, 6.07) is 6.79. The molecule has 0 N–H and O–H groups in total. The number of anilines is 1. The molecule has 2 saturated heterocycles. The van der Waals surface area contributed by atoms with Gasteiger partial charge in [-0.1, -0.05) is 6.07 Å². The van der Waals surface area contributed by atoms with Crippen LogP contribution >= 0.6 is 0 Å². The summed E-state index contributed by atoms with van der Waals surface area (Å²) in [5.41, 5.74) is 0.837. The molecule has 0 amide bonds. The van der Waals surface area contributed by atoms with Gasteiger partial charge < -0.3 is 14.4 Å². The van der Waals surface area contributed by atoms with Crippen LogP contribution < -0.4 is 4.90 Å². The molecule has 2 aliphatic heterocycles. The summed E-state index contributed by atoms with van der Waals surface area (Å²) in [5, 5.41) is 9.16. The standard InChI is InChI=1S/C18H23FN2O2/c19-17-5-3-6-18(16(17)12-20)21-9-7-14(8-10-21)23-13-15-4-1-2-11-22-15/h3,5-6,14-15H,1-2,4,7-11,13H2. The topological polar surface area (TPSA) is 45.5 Å². The van der Waals surface area contributed by atoms with Crippen LogP contribution in [0.15, 0.2) is 18.2 Å². The zero-order valence-electron chi connectivity index (χ0n) is 13.3. The van der Waals surface area contributed by atoms with Crippen molar-refractivity contribution in [3.05, 3.63) is 29.6 Å². The molecule has 3 rings (SSSR count). The van der Waals surface area contributed by atoms with Crippen LogP contribution in [0.4, 0.5) is 10.1 Å². The Bertz CT molecular complexity index is 559. The van der Waals surface area contributed by atoms with Gasteiger partial charge in [0, 0.05) is 19.7 Å². The monoisotopic (exact) mass is 318 g/mol. The Balaban J connectivity index is 1.50. The highest BCUT2D eigenvalue weighted by atomic mass is 19.1. The van der Waals surface area contributed by atoms with Gasteiger partial charge in [0.05, 0.1) is 24.5 Å². The molecule has 1 unspecified atom stereocenters. The molecule has 1 aromatic rings. The molecule has 0 aliphatic carbocycles. The summed E-state index contributed by atoms with van der Waals surface area (Å²) in [4.78, 5) is 2.08. The van der Waals surface area contributed by atoms with Crippen molar-refractivity contribution in [3.8, 4) is 6.07 Å². The fourth-order valence-corrected chi connectivity index (χ4v) is 3.33. The summed E-state index contributed by atoms with van der Waals surface area (Å²) >= 11 is 0. The molecule has 0 aromatic heterocycles. The van der Waals surface area contributed by atoms with Crippen LogP contribution in [0.25, 0.3) is 0 Å². The van der Waals surface area contributed by atoms with Gasteiger partial charge in [0.15, 0.2) is 0 Å². The van der Waals surface area contributed by atoms with Gasteiger partial charge in [-0.15, -0.1) is 0 Å². The van der Waals surface area contributed by atoms with E-state index in [0.29, 0.717) is 12.3 Å². The Morgan fingerprint density at radius 1 is 1.26 bits per heavy atom. The van der Waals surface area contributed by atoms with Crippen LogP contribution in [0.5, 0.6) is 0 Å². The molecule has 0 bridgehead atoms. The third kappa shape index (κ3) is 4.01. The van der Waals surface area contributed by atoms with E-state index in [1.807, 2.05) is 12.1 Å². The second-order valence-electron chi connectivity index (χ2n) is 6.25. The molecule has 23 heavy (non-hydrogen) atoms. The number of hydrogen-bond acceptors (Lipinski definition) is 4. The first-order valence-electron chi connectivity index (χ1n) is 8.44. The quantitative estimate of drug-likeness (QED) is 0.855. The first kappa shape index (κ1) is 16.2. The Labute approximate surface area is 136 Å². The molecule has 2 fully saturated rings. The zero-order chi connectivity index (χ0) is 16.1. The Morgan fingerprint density at radius 2 is 2.09 bits per heavy atom. The van der Waals surface area contributed by atoms with Gasteiger partial charge in [-0.3, -0.25) is 0 Å². The number of piperidine rings is 1. The number of hydrogen-bond donors (Lipinski definition) is 0. The molecular weight excluding hydrogens is 295 g/mol. The molecule has 1 atom stereocenters. The van der Waals surface area contributed by atoms with E-state index in [4.69, 9.17) is 14.7 Å². The lowest BCUT2D eigenvalue weighted by atomic mass is 10.0. The minimum atomic E-state index is -0.446. The van der Waals surface area contributed by atoms with Gasteiger partial charge in [-0.05, 0) is 44.2 Å². The van der Waals surface area contributed by atoms with Crippen LogP contribution in [0, 0.1) is 17.1 Å². The van der Waals surface area contributed by atoms with Crippen molar-refractivity contribution >= 4 is 5.69 Å². The van der Waals surface area contributed by atoms with Crippen molar-refractivity contribution in [2.24, 2.45) is 0 Å². The van der Waals surface area contributed by atoms with Crippen molar-refractivity contribution in [2.75, 3.05) is 31.2 Å². The van der Waals surface area contributed by atoms with Gasteiger partial charge in [0.2, 0.25) is 0 Å². The van der Waals surface area contributed by atoms with Crippen LogP contribution in [0.1, 0.15) is 37.7 Å². The average molecular weight is 318 g/mol. The van der Waals surface area contributed by atoms with Crippen LogP contribution in [-0.4, -0.2) is 38.5 Å². The maximum absolute atomic E-state index is 13.7. The van der Waals surface area contributed by atoms with Gasteiger partial charge in [0.1, 0.15) is 17.4 Å². The highest BCUT2D eigenvalue weighted by Gasteiger charge is 2.24. The fourth-order valence-electron chi connectivity index (χ4n) is 3.33. The largest absolute Gasteiger partial charge is 0.376 e. The Morgan fingerprint density at radius 3 is 2.78 bits per heavy atom. The molecule has 124 valence electrons. The van der Waals surface area contributed by atoms with Gasteiger partial charge in [-0.2, -0.15) is 5.26 Å². The predicted octanol–water partition coefficient (Wildman–Crippen LogP) is 3.25. The van der Waals surface area contributed by atoms with Crippen molar-refractivity contribution in [2.45, 2.75) is 44.3 Å². The first-order chi connectivity index (χ1) is 11.3. The second-order valence-corrected chi connectivity index (χ2v) is 6.25. The highest BCUT2D eigenvalue weighted by molar-refractivity contribution is 5.60. The first-order valence-corrected chi connectivity index (χ1v) is 8.44. The molecule has 0 radical (unpaired) electrons. The van der Waals surface area contributed by atoms with E-state index in [0.717, 1.165) is 45.4 Å². The predicted molar refractivity (Wildman–Crippen MR) is 85.9 cm³/mol. The number of nitrogens with zero attached hydrogens (tertiary/aromatic N) is 2. The van der Waals surface area contributed by atoms with Crippen LogP contribution in [0.3, 0.4) is 0 Å². The number of halogens is 1. The minimum Gasteiger partial charge on any atom is -0.376 e. The molecule has 4 nitrogen and oxygen atoms in total. The smallest absolute Gasteiger partial charge is 0.143 e. The summed E-state index contributed by atoms with van der Waals surface area (Å²) in [6.07, 6.45) is 5.74. The molecule has 2 aliphatic rings. The Hall–Kier alpha value is -1.64. The van der Waals surface area contributed by atoms with Gasteiger partial charge in [-0.25, -0.2) is 4.39 Å². The van der Waals surface area contributed by atoms with Crippen molar-refractivity contribution in [3.63, 3.8) is 0 Å². The maximum atomic E-state index is 13.7. The number of rotatable bonds is 4. The van der Waals surface area contributed by atoms with E-state index < -0.39 is 5.82 Å². The van der Waals surface area contributed by atoms with E-state index in [1.54, 1.807) is 6.07 Å². The minimum absolute atomic E-state index is 0.141. The van der Waals surface area contributed by atoms with E-state index in [1.165, 1.54) is 12.5 Å². The van der Waals surface area contributed by atoms with E-state index >= 15 is 0 Å². The van der Waals surface area contributed by atoms with Crippen LogP contribution in [-0.2, 0) is 9.47 Å². The molecule has 0 saturated carbocycles. The van der Waals surface area contributed by atoms with Crippen LogP contribution in [0.2, 0.25) is 0 Å². The average Bonchev–Trinajstić information content (AvgIpc) is 2.61. The highest BCUT2D eigenvalue weighted by Crippen LogP contribution is 2.26. The summed E-state index contributed by atoms with van der Waals surface area (Å²) in [6.45, 7) is 3.10. The Kier molecular flexibility index (Phi) is 5.47. The lowest BCUT2D eigenvalue weighted by Gasteiger charge is -2.34. The van der Waals surface area contributed by atoms with Crippen molar-refractivity contribution < 1.29 is 13.9 Å². The number of nitriles is 1. The molecule has 0 spiro atoms. The molecule has 2 heterocycles. The molecule has 1 aromatic carbocycles. The number of benzene rings is 1. The lowest BCUT2D eigenvalue weighted by Crippen LogP contribution is -2.38. The van der Waals surface area contributed by atoms with Crippen molar-refractivity contribution in [1.82, 2.24) is 0 Å². The van der Waals surface area contributed by atoms with E-state index in [9.17, 15) is 4.39 Å². The molecular formula is C18H23FN2O2. The van der Waals surface area contributed by atoms with Gasteiger partial charge in [0.25, 0.3) is 0 Å². The summed E-state index contributed by atoms with van der Waals surface area (Å²) in [5.74, 6) is -0.446. The zero-order valence-corrected chi connectivity index (χ0v) is 13.3. The fraction of sp³-hybridized carbons (Fsp3) is 0.611. The molecule has 5 heteroatoms. The SMILES string of the molecule is N#Cc1c(F)cccc1N1CCC(OCC2CCCCO2)CC1. The maximum Gasteiger partial charge on any atom is 0.143 e. The third-order valence-corrected chi connectivity index (χ3v) is 4.68. The van der Waals surface area contributed by atoms with E-state index in [2.05, 4.69) is 4.90 Å². The normalized spacial score (nSPS) is 22.8. The number of ether oxygens (including phenoxy) is 2. The summed E-state index contributed by atoms with van der Waals surface area (Å²) < 4.78 is 25.4.